The summed E-state index contributed by atoms with van der Waals surface area (Å²) >= 11 is 1.26. The first-order chi connectivity index (χ1) is 22.3. The van der Waals surface area contributed by atoms with E-state index in [1.165, 1.54) is 11.3 Å². The summed E-state index contributed by atoms with van der Waals surface area (Å²) < 4.78 is 24.9. The quantitative estimate of drug-likeness (QED) is 0.189. The van der Waals surface area contributed by atoms with E-state index in [1.807, 2.05) is 61.5 Å². The lowest BCUT2D eigenvalue weighted by atomic mass is 9.95. The van der Waals surface area contributed by atoms with Gasteiger partial charge < -0.3 is 18.9 Å². The van der Waals surface area contributed by atoms with E-state index < -0.39 is 12.0 Å². The number of rotatable bonds is 9. The fourth-order valence-electron chi connectivity index (χ4n) is 5.73. The van der Waals surface area contributed by atoms with Gasteiger partial charge in [0.1, 0.15) is 12.4 Å². The van der Waals surface area contributed by atoms with E-state index in [9.17, 15) is 9.59 Å². The predicted octanol–water partition coefficient (Wildman–Crippen LogP) is 5.86. The Kier molecular flexibility index (Phi) is 8.76. The average molecular weight is 635 g/mol. The topological polar surface area (TPSA) is 88.4 Å². The van der Waals surface area contributed by atoms with Crippen molar-refractivity contribution < 1.29 is 23.7 Å². The summed E-state index contributed by atoms with van der Waals surface area (Å²) in [6, 6.07) is 24.9. The maximum absolute atomic E-state index is 14.1. The number of hydrogen-bond acceptors (Lipinski definition) is 8. The van der Waals surface area contributed by atoms with Gasteiger partial charge >= 0.3 is 5.97 Å². The van der Waals surface area contributed by atoms with Crippen molar-refractivity contribution in [2.24, 2.45) is 4.99 Å². The molecule has 0 aliphatic carbocycles. The van der Waals surface area contributed by atoms with E-state index in [0.29, 0.717) is 44.5 Å². The number of aromatic nitrogens is 1. The van der Waals surface area contributed by atoms with Crippen LogP contribution in [-0.4, -0.2) is 31.4 Å². The number of benzene rings is 4. The summed E-state index contributed by atoms with van der Waals surface area (Å²) in [7, 11) is 3.19. The van der Waals surface area contributed by atoms with Gasteiger partial charge in [-0.1, -0.05) is 72.0 Å². The molecule has 6 rings (SSSR count). The third-order valence-electron chi connectivity index (χ3n) is 8.01. The first kappa shape index (κ1) is 30.9. The Balaban J connectivity index is 1.38. The molecule has 0 amide bonds. The van der Waals surface area contributed by atoms with E-state index >= 15 is 0 Å². The van der Waals surface area contributed by atoms with Gasteiger partial charge in [0, 0.05) is 0 Å². The van der Waals surface area contributed by atoms with Crippen molar-refractivity contribution >= 4 is 34.2 Å². The van der Waals surface area contributed by atoms with Gasteiger partial charge in [0.05, 0.1) is 42.7 Å². The van der Waals surface area contributed by atoms with Gasteiger partial charge in [-0.15, -0.1) is 0 Å². The molecule has 1 atom stereocenters. The predicted molar refractivity (Wildman–Crippen MR) is 179 cm³/mol. The highest BCUT2D eigenvalue weighted by molar-refractivity contribution is 7.07. The third kappa shape index (κ3) is 5.81. The fourth-order valence-corrected chi connectivity index (χ4v) is 6.78. The monoisotopic (exact) mass is 634 g/mol. The number of thiazole rings is 1. The zero-order chi connectivity index (χ0) is 32.4. The van der Waals surface area contributed by atoms with Gasteiger partial charge in [0.15, 0.2) is 16.3 Å². The van der Waals surface area contributed by atoms with Crippen LogP contribution in [0.3, 0.4) is 0 Å². The molecule has 8 nitrogen and oxygen atoms in total. The largest absolute Gasteiger partial charge is 0.496 e. The molecule has 0 bridgehead atoms. The lowest BCUT2D eigenvalue weighted by molar-refractivity contribution is -0.139. The van der Waals surface area contributed by atoms with Crippen LogP contribution in [0.25, 0.3) is 16.8 Å². The van der Waals surface area contributed by atoms with E-state index in [0.717, 1.165) is 33.0 Å². The molecule has 234 valence electrons. The summed E-state index contributed by atoms with van der Waals surface area (Å²) in [6.07, 6.45) is 1.80. The van der Waals surface area contributed by atoms with E-state index in [4.69, 9.17) is 18.9 Å². The van der Waals surface area contributed by atoms with Crippen LogP contribution in [0.4, 0.5) is 0 Å². The Hall–Kier alpha value is -5.15. The Bertz CT molecular complexity index is 2170. The van der Waals surface area contributed by atoms with E-state index in [2.05, 4.69) is 29.3 Å². The standard InChI is InChI=1S/C37H34N2O6S/c1-6-44-36(41)33-23(3)38-37-39(34(33)26-16-14-22(2)30(20-26)42-4)35(40)32(46-37)19-24-15-17-29(31(18-24)43-5)45-21-27-12-9-11-25-10-7-8-13-28(25)27/h7-20,34H,6,21H2,1-5H3/t34-/m1/s1. The van der Waals surface area contributed by atoms with Gasteiger partial charge in [0.25, 0.3) is 5.56 Å². The van der Waals surface area contributed by atoms with Crippen molar-refractivity contribution in [3.63, 3.8) is 0 Å². The first-order valence-corrected chi connectivity index (χ1v) is 15.8. The third-order valence-corrected chi connectivity index (χ3v) is 9.00. The van der Waals surface area contributed by atoms with Crippen molar-refractivity contribution in [1.82, 2.24) is 4.57 Å². The second-order valence-corrected chi connectivity index (χ2v) is 11.9. The minimum Gasteiger partial charge on any atom is -0.496 e. The molecule has 5 aromatic rings. The fraction of sp³-hybridized carbons (Fsp3) is 0.216. The molecular weight excluding hydrogens is 600 g/mol. The van der Waals surface area contributed by atoms with Crippen LogP contribution in [0, 0.1) is 6.92 Å². The number of carbonyl (C=O) groups is 1. The minimum atomic E-state index is -0.730. The zero-order valence-electron chi connectivity index (χ0n) is 26.3. The van der Waals surface area contributed by atoms with Gasteiger partial charge in [-0.05, 0) is 78.1 Å². The minimum absolute atomic E-state index is 0.202. The molecule has 0 radical (unpaired) electrons. The lowest BCUT2D eigenvalue weighted by Gasteiger charge is -2.25. The number of fused-ring (bicyclic) bond motifs is 2. The van der Waals surface area contributed by atoms with Gasteiger partial charge in [0.2, 0.25) is 0 Å². The van der Waals surface area contributed by atoms with Gasteiger partial charge in [-0.2, -0.15) is 0 Å². The molecule has 0 N–H and O–H groups in total. The van der Waals surface area contributed by atoms with Crippen molar-refractivity contribution in [1.29, 1.82) is 0 Å². The summed E-state index contributed by atoms with van der Waals surface area (Å²) in [5, 5.41) is 2.29. The summed E-state index contributed by atoms with van der Waals surface area (Å²) in [6.45, 7) is 6.04. The number of aryl methyl sites for hydroxylation is 1. The second-order valence-electron chi connectivity index (χ2n) is 10.9. The molecule has 1 aliphatic heterocycles. The van der Waals surface area contributed by atoms with Crippen LogP contribution in [0.2, 0.25) is 0 Å². The van der Waals surface area contributed by atoms with Crippen LogP contribution in [0.5, 0.6) is 17.2 Å². The van der Waals surface area contributed by atoms with Crippen LogP contribution in [-0.2, 0) is 16.1 Å². The molecule has 0 saturated heterocycles. The lowest BCUT2D eigenvalue weighted by Crippen LogP contribution is -2.40. The number of methoxy groups -OCH3 is 2. The van der Waals surface area contributed by atoms with Crippen LogP contribution in [0.1, 0.15) is 42.1 Å². The molecule has 0 unspecified atom stereocenters. The highest BCUT2D eigenvalue weighted by Gasteiger charge is 2.33. The number of hydrogen-bond donors (Lipinski definition) is 0. The maximum Gasteiger partial charge on any atom is 0.338 e. The van der Waals surface area contributed by atoms with E-state index in [1.54, 1.807) is 38.7 Å². The van der Waals surface area contributed by atoms with E-state index in [-0.39, 0.29) is 12.2 Å². The molecular formula is C37H34N2O6S. The summed E-state index contributed by atoms with van der Waals surface area (Å²) in [5.74, 6) is 1.29. The Labute approximate surface area is 270 Å². The molecule has 9 heteroatoms. The normalized spacial score (nSPS) is 14.5. The molecule has 0 saturated carbocycles. The molecule has 4 aromatic carbocycles. The highest BCUT2D eigenvalue weighted by Crippen LogP contribution is 2.34. The smallest absolute Gasteiger partial charge is 0.338 e. The number of nitrogens with zero attached hydrogens (tertiary/aromatic N) is 2. The molecule has 46 heavy (non-hydrogen) atoms. The summed E-state index contributed by atoms with van der Waals surface area (Å²) in [4.78, 5) is 32.5. The zero-order valence-corrected chi connectivity index (χ0v) is 27.1. The second kappa shape index (κ2) is 13.1. The summed E-state index contributed by atoms with van der Waals surface area (Å²) in [5.41, 5.74) is 4.06. The van der Waals surface area contributed by atoms with Crippen molar-refractivity contribution in [2.45, 2.75) is 33.4 Å². The number of ether oxygens (including phenoxy) is 4. The Morgan fingerprint density at radius 2 is 1.72 bits per heavy atom. The number of esters is 1. The maximum atomic E-state index is 14.1. The van der Waals surface area contributed by atoms with Gasteiger partial charge in [-0.3, -0.25) is 9.36 Å². The number of allylic oxidation sites excluding steroid dienone is 1. The van der Waals surface area contributed by atoms with Crippen molar-refractivity contribution in [3.05, 3.63) is 132 Å². The average Bonchev–Trinajstić information content (AvgIpc) is 3.37. The van der Waals surface area contributed by atoms with Crippen LogP contribution in [0.15, 0.2) is 99.9 Å². The first-order valence-electron chi connectivity index (χ1n) is 14.9. The molecule has 1 aliphatic rings. The van der Waals surface area contributed by atoms with Crippen LogP contribution < -0.4 is 29.1 Å². The van der Waals surface area contributed by atoms with Crippen molar-refractivity contribution in [3.8, 4) is 17.2 Å². The molecule has 0 spiro atoms. The Morgan fingerprint density at radius 3 is 2.50 bits per heavy atom. The van der Waals surface area contributed by atoms with Crippen LogP contribution >= 0.6 is 11.3 Å². The molecule has 2 heterocycles. The van der Waals surface area contributed by atoms with Crippen molar-refractivity contribution in [2.75, 3.05) is 20.8 Å². The molecule has 1 aromatic heterocycles. The van der Waals surface area contributed by atoms with Gasteiger partial charge in [-0.25, -0.2) is 9.79 Å². The molecule has 0 fully saturated rings. The Morgan fingerprint density at radius 1 is 0.935 bits per heavy atom. The SMILES string of the molecule is CCOC(=O)C1=C(C)N=c2sc(=Cc3ccc(OCc4cccc5ccccc45)c(OC)c3)c(=O)n2[C@@H]1c1ccc(C)c(OC)c1. The number of carbonyl (C=O) groups excluding carboxylic acids is 1. The highest BCUT2D eigenvalue weighted by atomic mass is 32.1.